The number of nitrogens with zero attached hydrogens (tertiary/aromatic N) is 3. The van der Waals surface area contributed by atoms with Gasteiger partial charge in [0, 0.05) is 25.1 Å². The first-order valence-electron chi connectivity index (χ1n) is 6.71. The van der Waals surface area contributed by atoms with Crippen molar-refractivity contribution in [2.75, 3.05) is 23.3 Å². The molecule has 2 aliphatic rings. The smallest absolute Gasteiger partial charge is 0.228 e. The van der Waals surface area contributed by atoms with Gasteiger partial charge in [0.15, 0.2) is 0 Å². The van der Waals surface area contributed by atoms with E-state index in [2.05, 4.69) is 20.2 Å². The predicted octanol–water partition coefficient (Wildman–Crippen LogP) is 1.82. The van der Waals surface area contributed by atoms with Gasteiger partial charge in [0.2, 0.25) is 5.91 Å². The van der Waals surface area contributed by atoms with Gasteiger partial charge in [-0.3, -0.25) is 4.79 Å². The fraction of sp³-hybridized carbons (Fsp3) is 0.615. The van der Waals surface area contributed by atoms with Crippen LogP contribution in [0.3, 0.4) is 0 Å². The fourth-order valence-corrected chi connectivity index (χ4v) is 2.43. The van der Waals surface area contributed by atoms with Crippen LogP contribution in [0.1, 0.15) is 32.1 Å². The van der Waals surface area contributed by atoms with Crippen molar-refractivity contribution in [2.45, 2.75) is 32.1 Å². The van der Waals surface area contributed by atoms with E-state index in [0.29, 0.717) is 5.82 Å². The van der Waals surface area contributed by atoms with Gasteiger partial charge in [0.25, 0.3) is 0 Å². The maximum atomic E-state index is 11.8. The van der Waals surface area contributed by atoms with Crippen molar-refractivity contribution in [3.8, 4) is 0 Å². The van der Waals surface area contributed by atoms with Gasteiger partial charge in [0.05, 0.1) is 0 Å². The van der Waals surface area contributed by atoms with Crippen LogP contribution in [0, 0.1) is 5.92 Å². The van der Waals surface area contributed by atoms with E-state index in [0.717, 1.165) is 31.7 Å². The molecule has 2 heterocycles. The van der Waals surface area contributed by atoms with Gasteiger partial charge in [-0.1, -0.05) is 6.42 Å². The molecule has 5 heteroatoms. The largest absolute Gasteiger partial charge is 0.356 e. The molecule has 1 aromatic rings. The number of nitrogens with one attached hydrogen (secondary N) is 1. The van der Waals surface area contributed by atoms with Crippen molar-refractivity contribution in [1.82, 2.24) is 9.97 Å². The van der Waals surface area contributed by atoms with E-state index in [4.69, 9.17) is 0 Å². The van der Waals surface area contributed by atoms with Crippen molar-refractivity contribution in [3.05, 3.63) is 12.4 Å². The first-order valence-corrected chi connectivity index (χ1v) is 6.71. The van der Waals surface area contributed by atoms with E-state index in [9.17, 15) is 4.79 Å². The van der Waals surface area contributed by atoms with Crippen molar-refractivity contribution in [1.29, 1.82) is 0 Å². The minimum Gasteiger partial charge on any atom is -0.356 e. The summed E-state index contributed by atoms with van der Waals surface area (Å²) in [6.07, 6.45) is 7.15. The Morgan fingerprint density at radius 1 is 1.22 bits per heavy atom. The standard InChI is InChI=1S/C13H18N4O/c18-13(10-4-3-5-10)16-11-8-12(15-9-14-11)17-6-1-2-7-17/h8-10H,1-7H2,(H,14,15,16,18). The lowest BCUT2D eigenvalue weighted by Gasteiger charge is -2.24. The molecule has 1 N–H and O–H groups in total. The van der Waals surface area contributed by atoms with Crippen LogP contribution >= 0.6 is 0 Å². The zero-order valence-electron chi connectivity index (χ0n) is 10.4. The number of rotatable bonds is 3. The molecule has 5 nitrogen and oxygen atoms in total. The minimum absolute atomic E-state index is 0.104. The maximum Gasteiger partial charge on any atom is 0.228 e. The minimum atomic E-state index is 0.104. The van der Waals surface area contributed by atoms with E-state index >= 15 is 0 Å². The average Bonchev–Trinajstić information content (AvgIpc) is 2.80. The van der Waals surface area contributed by atoms with E-state index < -0.39 is 0 Å². The number of carbonyl (C=O) groups is 1. The Balaban J connectivity index is 1.68. The van der Waals surface area contributed by atoms with Gasteiger partial charge in [-0.2, -0.15) is 0 Å². The molecule has 0 aromatic carbocycles. The third-order valence-corrected chi connectivity index (χ3v) is 3.81. The van der Waals surface area contributed by atoms with Crippen LogP contribution in [-0.4, -0.2) is 29.0 Å². The van der Waals surface area contributed by atoms with Crippen molar-refractivity contribution < 1.29 is 4.79 Å². The second kappa shape index (κ2) is 4.92. The lowest BCUT2D eigenvalue weighted by Crippen LogP contribution is -2.28. The van der Waals surface area contributed by atoms with Gasteiger partial charge in [0.1, 0.15) is 18.0 Å². The van der Waals surface area contributed by atoms with Crippen LogP contribution in [0.5, 0.6) is 0 Å². The van der Waals surface area contributed by atoms with Crippen LogP contribution in [0.4, 0.5) is 11.6 Å². The first kappa shape index (κ1) is 11.4. The summed E-state index contributed by atoms with van der Waals surface area (Å²) in [7, 11) is 0. The molecule has 0 spiro atoms. The zero-order chi connectivity index (χ0) is 12.4. The molecule has 0 atom stereocenters. The average molecular weight is 246 g/mol. The monoisotopic (exact) mass is 246 g/mol. The Labute approximate surface area is 107 Å². The fourth-order valence-electron chi connectivity index (χ4n) is 2.43. The Hall–Kier alpha value is -1.65. The molecule has 0 unspecified atom stereocenters. The highest BCUT2D eigenvalue weighted by Crippen LogP contribution is 2.27. The molecule has 1 saturated heterocycles. The molecule has 1 amide bonds. The van der Waals surface area contributed by atoms with Gasteiger partial charge in [-0.15, -0.1) is 0 Å². The summed E-state index contributed by atoms with van der Waals surface area (Å²) in [6, 6.07) is 1.88. The van der Waals surface area contributed by atoms with E-state index in [1.165, 1.54) is 25.6 Å². The van der Waals surface area contributed by atoms with E-state index in [1.54, 1.807) is 0 Å². The molecule has 1 saturated carbocycles. The highest BCUT2D eigenvalue weighted by molar-refractivity contribution is 5.92. The van der Waals surface area contributed by atoms with Crippen LogP contribution < -0.4 is 10.2 Å². The molecule has 1 aromatic heterocycles. The van der Waals surface area contributed by atoms with Crippen molar-refractivity contribution in [3.63, 3.8) is 0 Å². The topological polar surface area (TPSA) is 58.1 Å². The third kappa shape index (κ3) is 2.30. The number of hydrogen-bond acceptors (Lipinski definition) is 4. The van der Waals surface area contributed by atoms with Gasteiger partial charge in [-0.25, -0.2) is 9.97 Å². The quantitative estimate of drug-likeness (QED) is 0.883. The molecular formula is C13H18N4O. The SMILES string of the molecule is O=C(Nc1cc(N2CCCC2)ncn1)C1CCC1. The number of hydrogen-bond donors (Lipinski definition) is 1. The normalized spacial score (nSPS) is 19.7. The van der Waals surface area contributed by atoms with Crippen LogP contribution in [0.2, 0.25) is 0 Å². The van der Waals surface area contributed by atoms with Crippen LogP contribution in [0.15, 0.2) is 12.4 Å². The number of aromatic nitrogens is 2. The van der Waals surface area contributed by atoms with Gasteiger partial charge < -0.3 is 10.2 Å². The molecule has 1 aliphatic carbocycles. The van der Waals surface area contributed by atoms with Gasteiger partial charge >= 0.3 is 0 Å². The lowest BCUT2D eigenvalue weighted by atomic mass is 9.85. The summed E-state index contributed by atoms with van der Waals surface area (Å²) >= 11 is 0. The highest BCUT2D eigenvalue weighted by Gasteiger charge is 2.25. The number of anilines is 2. The summed E-state index contributed by atoms with van der Waals surface area (Å²) in [4.78, 5) is 22.5. The Kier molecular flexibility index (Phi) is 3.13. The summed E-state index contributed by atoms with van der Waals surface area (Å²) < 4.78 is 0. The molecule has 3 rings (SSSR count). The van der Waals surface area contributed by atoms with E-state index in [1.807, 2.05) is 6.07 Å². The second-order valence-corrected chi connectivity index (χ2v) is 5.07. The molecule has 96 valence electrons. The first-order chi connectivity index (χ1) is 8.83. The molecule has 0 radical (unpaired) electrons. The van der Waals surface area contributed by atoms with Crippen LogP contribution in [0.25, 0.3) is 0 Å². The molecule has 2 fully saturated rings. The summed E-state index contributed by atoms with van der Waals surface area (Å²) in [5.74, 6) is 1.85. The molecule has 18 heavy (non-hydrogen) atoms. The highest BCUT2D eigenvalue weighted by atomic mass is 16.2. The summed E-state index contributed by atoms with van der Waals surface area (Å²) in [5, 5.41) is 2.89. The van der Waals surface area contributed by atoms with E-state index in [-0.39, 0.29) is 11.8 Å². The Morgan fingerprint density at radius 2 is 2.00 bits per heavy atom. The van der Waals surface area contributed by atoms with Crippen molar-refractivity contribution >= 4 is 17.5 Å². The second-order valence-electron chi connectivity index (χ2n) is 5.07. The molecular weight excluding hydrogens is 228 g/mol. The summed E-state index contributed by atoms with van der Waals surface area (Å²) in [6.45, 7) is 2.10. The van der Waals surface area contributed by atoms with Crippen molar-refractivity contribution in [2.24, 2.45) is 5.92 Å². The molecule has 0 bridgehead atoms. The number of carbonyl (C=O) groups excluding carboxylic acids is 1. The Bertz CT molecular complexity index is 438. The van der Waals surface area contributed by atoms with Crippen LogP contribution in [-0.2, 0) is 4.79 Å². The number of amides is 1. The predicted molar refractivity (Wildman–Crippen MR) is 69.4 cm³/mol. The maximum absolute atomic E-state index is 11.8. The summed E-state index contributed by atoms with van der Waals surface area (Å²) in [5.41, 5.74) is 0. The Morgan fingerprint density at radius 3 is 2.67 bits per heavy atom. The van der Waals surface area contributed by atoms with Gasteiger partial charge in [-0.05, 0) is 25.7 Å². The lowest BCUT2D eigenvalue weighted by molar-refractivity contribution is -0.122. The zero-order valence-corrected chi connectivity index (χ0v) is 10.4. The third-order valence-electron chi connectivity index (χ3n) is 3.81. The molecule has 1 aliphatic heterocycles.